The van der Waals surface area contributed by atoms with Crippen LogP contribution >= 0.6 is 0 Å². The summed E-state index contributed by atoms with van der Waals surface area (Å²) in [5.74, 6) is 3.29. The third-order valence-electron chi connectivity index (χ3n) is 6.38. The lowest BCUT2D eigenvalue weighted by molar-refractivity contribution is 0.366. The maximum atomic E-state index is 4.59. The van der Waals surface area contributed by atoms with E-state index in [2.05, 4.69) is 66.1 Å². The molecule has 3 aromatic heterocycles. The molecule has 1 fully saturated rings. The van der Waals surface area contributed by atoms with Gasteiger partial charge in [0.05, 0.1) is 11.4 Å². The number of piperidine rings is 1. The lowest BCUT2D eigenvalue weighted by Crippen LogP contribution is -2.51. The summed E-state index contributed by atoms with van der Waals surface area (Å²) in [5.41, 5.74) is 2.09. The monoisotopic (exact) mass is 428 g/mol. The molecular weight excluding hydrogens is 400 g/mol. The molecule has 8 nitrogen and oxygen atoms in total. The molecule has 1 aromatic carbocycles. The molecule has 1 aliphatic rings. The highest BCUT2D eigenvalue weighted by Crippen LogP contribution is 2.30. The van der Waals surface area contributed by atoms with E-state index in [4.69, 9.17) is 0 Å². The maximum absolute atomic E-state index is 4.59. The van der Waals surface area contributed by atoms with Gasteiger partial charge in [-0.3, -0.25) is 0 Å². The molecule has 0 amide bonds. The van der Waals surface area contributed by atoms with Crippen LogP contribution in [0.4, 0.5) is 17.5 Å². The fraction of sp³-hybridized carbons (Fsp3) is 0.333. The number of nitrogens with one attached hydrogen (secondary N) is 2. The Morgan fingerprint density at radius 3 is 2.81 bits per heavy atom. The number of benzene rings is 1. The first kappa shape index (κ1) is 20.2. The van der Waals surface area contributed by atoms with E-state index >= 15 is 0 Å². The minimum atomic E-state index is 0.312. The number of rotatable bonds is 6. The second-order valence-corrected chi connectivity index (χ2v) is 8.43. The van der Waals surface area contributed by atoms with Gasteiger partial charge in [0.2, 0.25) is 0 Å². The summed E-state index contributed by atoms with van der Waals surface area (Å²) in [7, 11) is 2.13. The molecule has 1 aliphatic heterocycles. The van der Waals surface area contributed by atoms with Crippen LogP contribution in [0.1, 0.15) is 18.9 Å². The maximum Gasteiger partial charge on any atom is 0.142 e. The zero-order valence-electron chi connectivity index (χ0n) is 18.4. The number of H-pyrrole nitrogens is 1. The molecule has 1 saturated heterocycles. The molecule has 8 heteroatoms. The topological polar surface area (TPSA) is 85.9 Å². The fourth-order valence-corrected chi connectivity index (χ4v) is 4.46. The molecule has 4 heterocycles. The normalized spacial score (nSPS) is 18.6. The molecule has 0 bridgehead atoms. The minimum absolute atomic E-state index is 0.312. The number of likely N-dealkylation sites (N-methyl/N-ethyl adjacent to an activating group) is 1. The van der Waals surface area contributed by atoms with E-state index in [-0.39, 0.29) is 0 Å². The smallest absolute Gasteiger partial charge is 0.142 e. The van der Waals surface area contributed by atoms with E-state index in [0.29, 0.717) is 12.0 Å². The summed E-state index contributed by atoms with van der Waals surface area (Å²) in [4.78, 5) is 25.7. The summed E-state index contributed by atoms with van der Waals surface area (Å²) in [6.07, 6.45) is 6.28. The molecule has 4 aromatic rings. The highest BCUT2D eigenvalue weighted by atomic mass is 15.3. The number of aromatic nitrogens is 5. The van der Waals surface area contributed by atoms with E-state index in [1.165, 1.54) is 5.56 Å². The molecule has 0 aliphatic carbocycles. The van der Waals surface area contributed by atoms with Gasteiger partial charge in [-0.25, -0.2) is 19.9 Å². The Balaban J connectivity index is 1.32. The number of fused-ring (bicyclic) bond motifs is 1. The van der Waals surface area contributed by atoms with Crippen LogP contribution in [-0.2, 0) is 6.54 Å². The molecule has 32 heavy (non-hydrogen) atoms. The van der Waals surface area contributed by atoms with Crippen LogP contribution in [0.3, 0.4) is 0 Å². The lowest BCUT2D eigenvalue weighted by Gasteiger charge is -2.42. The lowest BCUT2D eigenvalue weighted by atomic mass is 9.92. The molecule has 2 N–H and O–H groups in total. The van der Waals surface area contributed by atoms with Gasteiger partial charge in [0.25, 0.3) is 0 Å². The average Bonchev–Trinajstić information content (AvgIpc) is 3.33. The predicted molar refractivity (Wildman–Crippen MR) is 128 cm³/mol. The summed E-state index contributed by atoms with van der Waals surface area (Å²) in [5, 5.41) is 4.47. The van der Waals surface area contributed by atoms with Crippen molar-refractivity contribution in [1.82, 2.24) is 24.9 Å². The van der Waals surface area contributed by atoms with Gasteiger partial charge in [-0.05, 0) is 24.0 Å². The zero-order valence-corrected chi connectivity index (χ0v) is 18.4. The van der Waals surface area contributed by atoms with Crippen LogP contribution in [-0.4, -0.2) is 51.1 Å². The number of aromatic amines is 1. The largest absolute Gasteiger partial charge is 0.366 e. The number of hydrogen-bond acceptors (Lipinski definition) is 7. The summed E-state index contributed by atoms with van der Waals surface area (Å²) >= 11 is 0. The van der Waals surface area contributed by atoms with E-state index in [9.17, 15) is 0 Å². The van der Waals surface area contributed by atoms with Crippen molar-refractivity contribution in [2.24, 2.45) is 5.92 Å². The number of hydrogen-bond donors (Lipinski definition) is 2. The Morgan fingerprint density at radius 2 is 1.94 bits per heavy atom. The molecular formula is C24H28N8. The van der Waals surface area contributed by atoms with Crippen LogP contribution in [0.15, 0.2) is 61.3 Å². The quantitative estimate of drug-likeness (QED) is 0.484. The van der Waals surface area contributed by atoms with Gasteiger partial charge in [0.15, 0.2) is 0 Å². The number of anilines is 3. The van der Waals surface area contributed by atoms with Crippen LogP contribution in [0, 0.1) is 5.92 Å². The van der Waals surface area contributed by atoms with Gasteiger partial charge >= 0.3 is 0 Å². The van der Waals surface area contributed by atoms with Crippen molar-refractivity contribution in [3.63, 3.8) is 0 Å². The van der Waals surface area contributed by atoms with Gasteiger partial charge in [-0.1, -0.05) is 37.3 Å². The highest BCUT2D eigenvalue weighted by molar-refractivity contribution is 5.87. The first-order valence-electron chi connectivity index (χ1n) is 11.0. The highest BCUT2D eigenvalue weighted by Gasteiger charge is 2.31. The fourth-order valence-electron chi connectivity index (χ4n) is 4.46. The standard InChI is InChI=1S/C24H28N8/c1-17-9-11-32(14-20(17)31(2)24-19-8-10-25-23(19)29-16-30-24)22-12-21(27-15-28-22)26-13-18-6-4-3-5-7-18/h3-8,10,12,15-17,20H,9,11,13-14H2,1-2H3,(H,25,29,30)(H,26,27,28). The first-order valence-corrected chi connectivity index (χ1v) is 11.0. The van der Waals surface area contributed by atoms with E-state index in [1.54, 1.807) is 12.7 Å². The van der Waals surface area contributed by atoms with Crippen LogP contribution in [0.25, 0.3) is 11.0 Å². The van der Waals surface area contributed by atoms with Gasteiger partial charge < -0.3 is 20.1 Å². The summed E-state index contributed by atoms with van der Waals surface area (Å²) in [6.45, 7) is 4.91. The predicted octanol–water partition coefficient (Wildman–Crippen LogP) is 3.71. The minimum Gasteiger partial charge on any atom is -0.366 e. The Kier molecular flexibility index (Phi) is 5.58. The van der Waals surface area contributed by atoms with E-state index in [1.807, 2.05) is 36.5 Å². The molecule has 2 atom stereocenters. The van der Waals surface area contributed by atoms with Crippen molar-refractivity contribution in [2.75, 3.05) is 35.3 Å². The van der Waals surface area contributed by atoms with Crippen molar-refractivity contribution >= 4 is 28.5 Å². The van der Waals surface area contributed by atoms with Gasteiger partial charge in [-0.15, -0.1) is 0 Å². The van der Waals surface area contributed by atoms with Crippen LogP contribution in [0.2, 0.25) is 0 Å². The third kappa shape index (κ3) is 4.08. The Labute approximate surface area is 187 Å². The Morgan fingerprint density at radius 1 is 1.09 bits per heavy atom. The first-order chi connectivity index (χ1) is 15.7. The summed E-state index contributed by atoms with van der Waals surface area (Å²) in [6, 6.07) is 14.7. The van der Waals surface area contributed by atoms with Crippen molar-refractivity contribution < 1.29 is 0 Å². The third-order valence-corrected chi connectivity index (χ3v) is 6.38. The van der Waals surface area contributed by atoms with Gasteiger partial charge in [-0.2, -0.15) is 0 Å². The second-order valence-electron chi connectivity index (χ2n) is 8.43. The Bertz CT molecular complexity index is 1170. The van der Waals surface area contributed by atoms with Crippen LogP contribution in [0.5, 0.6) is 0 Å². The van der Waals surface area contributed by atoms with Crippen molar-refractivity contribution in [3.05, 3.63) is 66.9 Å². The Hall–Kier alpha value is -3.68. The second kappa shape index (κ2) is 8.82. The van der Waals surface area contributed by atoms with Crippen LogP contribution < -0.4 is 15.1 Å². The van der Waals surface area contributed by atoms with Gasteiger partial charge in [0, 0.05) is 38.9 Å². The molecule has 0 spiro atoms. The van der Waals surface area contributed by atoms with E-state index < -0.39 is 0 Å². The molecule has 164 valence electrons. The zero-order chi connectivity index (χ0) is 21.9. The molecule has 0 radical (unpaired) electrons. The molecule has 5 rings (SSSR count). The van der Waals surface area contributed by atoms with Crippen molar-refractivity contribution in [1.29, 1.82) is 0 Å². The van der Waals surface area contributed by atoms with E-state index in [0.717, 1.165) is 54.5 Å². The SMILES string of the molecule is CC1CCN(c2cc(NCc3ccccc3)ncn2)CC1N(C)c1ncnc2[nH]ccc12. The molecule has 0 saturated carbocycles. The molecule has 2 unspecified atom stereocenters. The number of nitrogens with zero attached hydrogens (tertiary/aromatic N) is 6. The van der Waals surface area contributed by atoms with Crippen molar-refractivity contribution in [2.45, 2.75) is 25.9 Å². The van der Waals surface area contributed by atoms with Gasteiger partial charge in [0.1, 0.15) is 35.8 Å². The average molecular weight is 429 g/mol. The van der Waals surface area contributed by atoms with Crippen molar-refractivity contribution in [3.8, 4) is 0 Å². The summed E-state index contributed by atoms with van der Waals surface area (Å²) < 4.78 is 0.